The summed E-state index contributed by atoms with van der Waals surface area (Å²) in [5, 5.41) is 9.86. The number of hydrogen-bond donors (Lipinski definition) is 1. The van der Waals surface area contributed by atoms with Crippen molar-refractivity contribution in [2.24, 2.45) is 0 Å². The number of nitrogens with zero attached hydrogens (tertiary/aromatic N) is 1. The second-order valence-corrected chi connectivity index (χ2v) is 5.11. The van der Waals surface area contributed by atoms with Crippen LogP contribution in [0.25, 0.3) is 0 Å². The van der Waals surface area contributed by atoms with Gasteiger partial charge < -0.3 is 24.2 Å². The van der Waals surface area contributed by atoms with Crippen LogP contribution in [0.4, 0.5) is 0 Å². The number of ether oxygens (including phenoxy) is 3. The van der Waals surface area contributed by atoms with E-state index in [4.69, 9.17) is 14.2 Å². The van der Waals surface area contributed by atoms with E-state index in [1.807, 2.05) is 14.0 Å². The average Bonchev–Trinajstić information content (AvgIpc) is 2.79. The van der Waals surface area contributed by atoms with E-state index < -0.39 is 6.10 Å². The minimum absolute atomic E-state index is 0.0214. The van der Waals surface area contributed by atoms with Crippen molar-refractivity contribution in [3.8, 4) is 0 Å². The number of likely N-dealkylation sites (N-methyl/N-ethyl adjacent to an activating group) is 1. The summed E-state index contributed by atoms with van der Waals surface area (Å²) in [6.45, 7) is 5.20. The molecule has 0 bridgehead atoms. The van der Waals surface area contributed by atoms with Crippen molar-refractivity contribution in [3.05, 3.63) is 0 Å². The molecule has 0 aromatic rings. The highest BCUT2D eigenvalue weighted by molar-refractivity contribution is 4.70. The van der Waals surface area contributed by atoms with Gasteiger partial charge in [0.25, 0.3) is 0 Å². The van der Waals surface area contributed by atoms with E-state index in [2.05, 4.69) is 4.90 Å². The van der Waals surface area contributed by atoms with Gasteiger partial charge in [-0.25, -0.2) is 0 Å². The van der Waals surface area contributed by atoms with Gasteiger partial charge in [-0.3, -0.25) is 0 Å². The quantitative estimate of drug-likeness (QED) is 0.655. The number of aliphatic hydroxyl groups is 1. The molecule has 0 amide bonds. The summed E-state index contributed by atoms with van der Waals surface area (Å²) in [5.74, 6) is 0. The van der Waals surface area contributed by atoms with Crippen LogP contribution < -0.4 is 0 Å². The van der Waals surface area contributed by atoms with Crippen molar-refractivity contribution in [2.75, 3.05) is 47.1 Å². The van der Waals surface area contributed by atoms with Gasteiger partial charge in [-0.15, -0.1) is 0 Å². The number of methoxy groups -OCH3 is 1. The van der Waals surface area contributed by atoms with Crippen molar-refractivity contribution in [3.63, 3.8) is 0 Å². The molecule has 108 valence electrons. The molecule has 1 aliphatic heterocycles. The molecule has 1 N–H and O–H groups in total. The van der Waals surface area contributed by atoms with Gasteiger partial charge in [-0.2, -0.15) is 0 Å². The molecule has 18 heavy (non-hydrogen) atoms. The minimum Gasteiger partial charge on any atom is -0.389 e. The van der Waals surface area contributed by atoms with Gasteiger partial charge >= 0.3 is 0 Å². The van der Waals surface area contributed by atoms with E-state index in [0.717, 1.165) is 26.0 Å². The Bertz CT molecular complexity index is 209. The summed E-state index contributed by atoms with van der Waals surface area (Å²) in [4.78, 5) is 2.10. The lowest BCUT2D eigenvalue weighted by atomic mass is 10.2. The monoisotopic (exact) mass is 261 g/mol. The van der Waals surface area contributed by atoms with Crippen LogP contribution in [0.15, 0.2) is 0 Å². The molecular weight excluding hydrogens is 234 g/mol. The second kappa shape index (κ2) is 8.82. The Balaban J connectivity index is 2.08. The highest BCUT2D eigenvalue weighted by atomic mass is 16.5. The fraction of sp³-hybridized carbons (Fsp3) is 1.00. The molecule has 3 unspecified atom stereocenters. The van der Waals surface area contributed by atoms with Gasteiger partial charge in [0.2, 0.25) is 0 Å². The van der Waals surface area contributed by atoms with E-state index in [1.165, 1.54) is 0 Å². The Morgan fingerprint density at radius 2 is 2.22 bits per heavy atom. The molecule has 1 heterocycles. The first-order chi connectivity index (χ1) is 8.61. The molecule has 1 fully saturated rings. The molecule has 0 saturated carbocycles. The lowest BCUT2D eigenvalue weighted by Gasteiger charge is -2.24. The molecule has 3 atom stereocenters. The first-order valence-electron chi connectivity index (χ1n) is 6.70. The molecule has 1 saturated heterocycles. The first-order valence-corrected chi connectivity index (χ1v) is 6.70. The second-order valence-electron chi connectivity index (χ2n) is 5.11. The summed E-state index contributed by atoms with van der Waals surface area (Å²) in [6, 6.07) is 0. The molecule has 0 aromatic carbocycles. The van der Waals surface area contributed by atoms with Crippen molar-refractivity contribution in [1.29, 1.82) is 0 Å². The van der Waals surface area contributed by atoms with Crippen molar-refractivity contribution in [2.45, 2.75) is 38.1 Å². The minimum atomic E-state index is -0.462. The number of aliphatic hydroxyl groups excluding tert-OH is 1. The molecular formula is C13H27NO4. The summed E-state index contributed by atoms with van der Waals surface area (Å²) in [7, 11) is 3.65. The summed E-state index contributed by atoms with van der Waals surface area (Å²) < 4.78 is 16.0. The summed E-state index contributed by atoms with van der Waals surface area (Å²) in [5.41, 5.74) is 0. The third-order valence-electron chi connectivity index (χ3n) is 3.04. The van der Waals surface area contributed by atoms with Crippen molar-refractivity contribution in [1.82, 2.24) is 4.90 Å². The fourth-order valence-corrected chi connectivity index (χ4v) is 2.18. The zero-order chi connectivity index (χ0) is 13.4. The molecule has 0 aromatic heterocycles. The third kappa shape index (κ3) is 6.66. The zero-order valence-electron chi connectivity index (χ0n) is 11.8. The smallest absolute Gasteiger partial charge is 0.0900 e. The average molecular weight is 261 g/mol. The van der Waals surface area contributed by atoms with Gasteiger partial charge in [-0.1, -0.05) is 0 Å². The number of rotatable bonds is 9. The van der Waals surface area contributed by atoms with Crippen LogP contribution in [-0.2, 0) is 14.2 Å². The molecule has 5 nitrogen and oxygen atoms in total. The standard InChI is InChI=1S/C13H27NO4/c1-11(9-16-3)18-10-12(15)7-14(2)8-13-5-4-6-17-13/h11-13,15H,4-10H2,1-3H3. The maximum atomic E-state index is 9.86. The topological polar surface area (TPSA) is 51.2 Å². The van der Waals surface area contributed by atoms with Gasteiger partial charge in [0, 0.05) is 26.8 Å². The fourth-order valence-electron chi connectivity index (χ4n) is 2.18. The molecule has 0 radical (unpaired) electrons. The van der Waals surface area contributed by atoms with Crippen LogP contribution >= 0.6 is 0 Å². The first kappa shape index (κ1) is 15.9. The van der Waals surface area contributed by atoms with Crippen LogP contribution in [0.3, 0.4) is 0 Å². The van der Waals surface area contributed by atoms with Crippen LogP contribution in [0.1, 0.15) is 19.8 Å². The molecule has 0 aliphatic carbocycles. The Kier molecular flexibility index (Phi) is 7.77. The zero-order valence-corrected chi connectivity index (χ0v) is 11.8. The summed E-state index contributed by atoms with van der Waals surface area (Å²) >= 11 is 0. The van der Waals surface area contributed by atoms with Crippen LogP contribution in [0, 0.1) is 0 Å². The maximum absolute atomic E-state index is 9.86. The van der Waals surface area contributed by atoms with Crippen LogP contribution in [0.5, 0.6) is 0 Å². The molecule has 5 heteroatoms. The maximum Gasteiger partial charge on any atom is 0.0900 e. The van der Waals surface area contributed by atoms with Gasteiger partial charge in [0.1, 0.15) is 0 Å². The van der Waals surface area contributed by atoms with Crippen LogP contribution in [-0.4, -0.2) is 75.4 Å². The molecule has 0 spiro atoms. The molecule has 1 aliphatic rings. The Morgan fingerprint density at radius 3 is 2.83 bits per heavy atom. The van der Waals surface area contributed by atoms with Gasteiger partial charge in [0.15, 0.2) is 0 Å². The highest BCUT2D eigenvalue weighted by Crippen LogP contribution is 2.12. The lowest BCUT2D eigenvalue weighted by Crippen LogP contribution is -2.37. The van der Waals surface area contributed by atoms with Gasteiger partial charge in [-0.05, 0) is 26.8 Å². The van der Waals surface area contributed by atoms with E-state index >= 15 is 0 Å². The Labute approximate surface area is 110 Å². The van der Waals surface area contributed by atoms with Crippen molar-refractivity contribution < 1.29 is 19.3 Å². The normalized spacial score (nSPS) is 23.5. The third-order valence-corrected chi connectivity index (χ3v) is 3.04. The van der Waals surface area contributed by atoms with Crippen LogP contribution in [0.2, 0.25) is 0 Å². The lowest BCUT2D eigenvalue weighted by molar-refractivity contribution is -0.0406. The van der Waals surface area contributed by atoms with Crippen molar-refractivity contribution >= 4 is 0 Å². The number of hydrogen-bond acceptors (Lipinski definition) is 5. The largest absolute Gasteiger partial charge is 0.389 e. The SMILES string of the molecule is COCC(C)OCC(O)CN(C)CC1CCCO1. The molecule has 1 rings (SSSR count). The van der Waals surface area contributed by atoms with Gasteiger partial charge in [0.05, 0.1) is 31.5 Å². The van der Waals surface area contributed by atoms with E-state index in [9.17, 15) is 5.11 Å². The Morgan fingerprint density at radius 1 is 1.44 bits per heavy atom. The Hall–Kier alpha value is -0.200. The van der Waals surface area contributed by atoms with E-state index in [0.29, 0.717) is 25.9 Å². The predicted octanol–water partition coefficient (Wildman–Crippen LogP) is 0.510. The summed E-state index contributed by atoms with van der Waals surface area (Å²) in [6.07, 6.45) is 2.17. The predicted molar refractivity (Wildman–Crippen MR) is 69.8 cm³/mol. The van der Waals surface area contributed by atoms with E-state index in [1.54, 1.807) is 7.11 Å². The highest BCUT2D eigenvalue weighted by Gasteiger charge is 2.19. The van der Waals surface area contributed by atoms with E-state index in [-0.39, 0.29) is 6.10 Å².